The number of aromatic amines is 2. The summed E-state index contributed by atoms with van der Waals surface area (Å²) >= 11 is 0. The Kier molecular flexibility index (Phi) is 1.77. The van der Waals surface area contributed by atoms with Crippen LogP contribution < -0.4 is 4.98 Å². The number of aromatic nitrogens is 3. The van der Waals surface area contributed by atoms with E-state index in [-0.39, 0.29) is 0 Å². The molecule has 1 heterocycles. The third-order valence-electron chi connectivity index (χ3n) is 1.60. The van der Waals surface area contributed by atoms with Gasteiger partial charge in [0.25, 0.3) is 12.2 Å². The number of hydrogen-bond acceptors (Lipinski definition) is 1. The van der Waals surface area contributed by atoms with E-state index in [9.17, 15) is 8.78 Å². The molecular weight excluding hydrogens is 176 g/mol. The summed E-state index contributed by atoms with van der Waals surface area (Å²) < 4.78 is 25.5. The molecule has 3 nitrogen and oxygen atoms in total. The average Bonchev–Trinajstić information content (AvgIpc) is 2.53. The van der Waals surface area contributed by atoms with Crippen molar-refractivity contribution in [3.63, 3.8) is 0 Å². The molecule has 0 fully saturated rings. The van der Waals surface area contributed by atoms with Crippen molar-refractivity contribution >= 4 is 0 Å². The monoisotopic (exact) mass is 182 g/mol. The van der Waals surface area contributed by atoms with Crippen LogP contribution in [0.15, 0.2) is 24.5 Å². The minimum absolute atomic E-state index is 0.398. The van der Waals surface area contributed by atoms with E-state index in [4.69, 9.17) is 0 Å². The average molecular weight is 182 g/mol. The van der Waals surface area contributed by atoms with Gasteiger partial charge in [0.15, 0.2) is 0 Å². The smallest absolute Gasteiger partial charge is 0.244 e. The van der Waals surface area contributed by atoms with E-state index < -0.39 is 11.6 Å². The second-order valence-corrected chi connectivity index (χ2v) is 2.55. The summed E-state index contributed by atoms with van der Waals surface area (Å²) in [6.07, 6.45) is 1.40. The first-order valence-electron chi connectivity index (χ1n) is 3.63. The van der Waals surface area contributed by atoms with Gasteiger partial charge in [-0.05, 0) is 12.1 Å². The van der Waals surface area contributed by atoms with E-state index in [2.05, 4.69) is 15.2 Å². The Balaban J connectivity index is 2.53. The molecule has 0 radical (unpaired) electrons. The number of rotatable bonds is 1. The summed E-state index contributed by atoms with van der Waals surface area (Å²) in [6.45, 7) is 0. The zero-order valence-electron chi connectivity index (χ0n) is 6.51. The molecule has 0 aliphatic carbocycles. The summed E-state index contributed by atoms with van der Waals surface area (Å²) in [4.78, 5) is 2.71. The van der Waals surface area contributed by atoms with Gasteiger partial charge in [-0.25, -0.2) is 13.8 Å². The van der Waals surface area contributed by atoms with Crippen molar-refractivity contribution in [2.24, 2.45) is 0 Å². The molecule has 13 heavy (non-hydrogen) atoms. The quantitative estimate of drug-likeness (QED) is 0.706. The highest BCUT2D eigenvalue weighted by atomic mass is 19.1. The number of H-pyrrole nitrogens is 2. The predicted molar refractivity (Wildman–Crippen MR) is 40.5 cm³/mol. The van der Waals surface area contributed by atoms with Crippen molar-refractivity contribution in [1.29, 1.82) is 0 Å². The number of halogens is 2. The standard InChI is InChI=1S/C8H5F2N3/c9-6-1-5(2-7(10)3-6)8-11-4-12-13-8/h1-4H,(H,11,12,13)/p+1. The second kappa shape index (κ2) is 2.93. The summed E-state index contributed by atoms with van der Waals surface area (Å²) in [5, 5.41) is 6.20. The van der Waals surface area contributed by atoms with E-state index >= 15 is 0 Å². The fourth-order valence-corrected chi connectivity index (χ4v) is 1.07. The lowest BCUT2D eigenvalue weighted by Gasteiger charge is -1.93. The molecule has 2 aromatic rings. The van der Waals surface area contributed by atoms with Crippen LogP contribution in [-0.4, -0.2) is 10.2 Å². The van der Waals surface area contributed by atoms with Crippen molar-refractivity contribution in [3.05, 3.63) is 36.2 Å². The maximum atomic E-state index is 12.7. The van der Waals surface area contributed by atoms with Crippen molar-refractivity contribution in [2.75, 3.05) is 0 Å². The van der Waals surface area contributed by atoms with E-state index in [1.54, 1.807) is 0 Å². The van der Waals surface area contributed by atoms with E-state index in [0.717, 1.165) is 6.07 Å². The minimum atomic E-state index is -0.613. The number of nitrogens with one attached hydrogen (secondary N) is 2. The Labute approximate surface area is 72.4 Å². The van der Waals surface area contributed by atoms with Crippen LogP contribution in [-0.2, 0) is 0 Å². The highest BCUT2D eigenvalue weighted by molar-refractivity contribution is 5.51. The van der Waals surface area contributed by atoms with Gasteiger partial charge < -0.3 is 0 Å². The SMILES string of the molecule is Fc1cc(F)cc(-c2[nH]nc[nH+]2)c1. The normalized spacial score (nSPS) is 10.3. The van der Waals surface area contributed by atoms with Gasteiger partial charge in [0, 0.05) is 11.2 Å². The van der Waals surface area contributed by atoms with E-state index in [1.807, 2.05) is 0 Å². The first-order chi connectivity index (χ1) is 6.25. The predicted octanol–water partition coefficient (Wildman–Crippen LogP) is 1.17. The summed E-state index contributed by atoms with van der Waals surface area (Å²) in [5.74, 6) is -0.755. The molecule has 0 spiro atoms. The van der Waals surface area contributed by atoms with Crippen LogP contribution in [0.4, 0.5) is 8.78 Å². The van der Waals surface area contributed by atoms with Gasteiger partial charge in [0.05, 0.1) is 5.56 Å². The zero-order chi connectivity index (χ0) is 9.26. The lowest BCUT2D eigenvalue weighted by Crippen LogP contribution is -2.00. The maximum absolute atomic E-state index is 12.7. The molecule has 2 N–H and O–H groups in total. The van der Waals surface area contributed by atoms with Crippen LogP contribution in [0, 0.1) is 11.6 Å². The minimum Gasteiger partial charge on any atom is -0.244 e. The van der Waals surface area contributed by atoms with Crippen LogP contribution in [0.3, 0.4) is 0 Å². The summed E-state index contributed by atoms with van der Waals surface area (Å²) in [5.41, 5.74) is 0.398. The third kappa shape index (κ3) is 1.53. The van der Waals surface area contributed by atoms with Gasteiger partial charge in [0.1, 0.15) is 11.6 Å². The molecule has 5 heteroatoms. The highest BCUT2D eigenvalue weighted by Crippen LogP contribution is 2.14. The van der Waals surface area contributed by atoms with Gasteiger partial charge >= 0.3 is 0 Å². The molecule has 2 rings (SSSR count). The number of benzene rings is 1. The summed E-state index contributed by atoms with van der Waals surface area (Å²) in [7, 11) is 0. The topological polar surface area (TPSA) is 42.8 Å². The molecule has 0 atom stereocenters. The second-order valence-electron chi connectivity index (χ2n) is 2.55. The molecule has 0 bridgehead atoms. The fraction of sp³-hybridized carbons (Fsp3) is 0. The first-order valence-corrected chi connectivity index (χ1v) is 3.63. The van der Waals surface area contributed by atoms with Crippen molar-refractivity contribution in [3.8, 4) is 11.4 Å². The fourth-order valence-electron chi connectivity index (χ4n) is 1.07. The third-order valence-corrected chi connectivity index (χ3v) is 1.60. The van der Waals surface area contributed by atoms with E-state index in [0.29, 0.717) is 11.4 Å². The van der Waals surface area contributed by atoms with Gasteiger partial charge in [-0.1, -0.05) is 0 Å². The molecule has 0 amide bonds. The van der Waals surface area contributed by atoms with Crippen LogP contribution >= 0.6 is 0 Å². The number of hydrogen-bond donors (Lipinski definition) is 1. The Hall–Kier alpha value is -1.78. The van der Waals surface area contributed by atoms with Crippen molar-refractivity contribution in [1.82, 2.24) is 10.2 Å². The van der Waals surface area contributed by atoms with E-state index in [1.165, 1.54) is 18.5 Å². The van der Waals surface area contributed by atoms with Gasteiger partial charge in [-0.15, -0.1) is 5.10 Å². The molecule has 0 aliphatic heterocycles. The molecule has 0 saturated carbocycles. The molecular formula is C8H6F2N3+. The molecule has 0 unspecified atom stereocenters. The molecule has 0 aliphatic rings. The maximum Gasteiger partial charge on any atom is 0.263 e. The van der Waals surface area contributed by atoms with Gasteiger partial charge in [-0.2, -0.15) is 0 Å². The van der Waals surface area contributed by atoms with Gasteiger partial charge in [0.2, 0.25) is 0 Å². The molecule has 66 valence electrons. The first kappa shape index (κ1) is 7.85. The lowest BCUT2D eigenvalue weighted by atomic mass is 10.2. The Morgan fingerprint density at radius 1 is 1.15 bits per heavy atom. The van der Waals surface area contributed by atoms with Crippen LogP contribution in [0.25, 0.3) is 11.4 Å². The van der Waals surface area contributed by atoms with Crippen LogP contribution in [0.5, 0.6) is 0 Å². The molecule has 1 aromatic carbocycles. The van der Waals surface area contributed by atoms with Crippen molar-refractivity contribution in [2.45, 2.75) is 0 Å². The largest absolute Gasteiger partial charge is 0.263 e. The van der Waals surface area contributed by atoms with Crippen LogP contribution in [0.2, 0.25) is 0 Å². The highest BCUT2D eigenvalue weighted by Gasteiger charge is 2.08. The van der Waals surface area contributed by atoms with Crippen molar-refractivity contribution < 1.29 is 13.8 Å². The molecule has 1 aromatic heterocycles. The number of nitrogens with zero attached hydrogens (tertiary/aromatic N) is 1. The van der Waals surface area contributed by atoms with Gasteiger partial charge in [-0.3, -0.25) is 0 Å². The van der Waals surface area contributed by atoms with Crippen LogP contribution in [0.1, 0.15) is 0 Å². The Bertz CT molecular complexity index is 391. The zero-order valence-corrected chi connectivity index (χ0v) is 6.51. The Morgan fingerprint density at radius 3 is 2.38 bits per heavy atom. The summed E-state index contributed by atoms with van der Waals surface area (Å²) in [6, 6.07) is 3.25. The Morgan fingerprint density at radius 2 is 1.85 bits per heavy atom. The lowest BCUT2D eigenvalue weighted by molar-refractivity contribution is -0.364. The molecule has 0 saturated heterocycles.